The average Bonchev–Trinajstić information content (AvgIpc) is 3.22. The standard InChI is InChI=1S/C15H12N4O4.C2H4O2/c1-16-15-17-12(14(20)18-15)8-11-6-7-13(23-11)9-2-4-10(5-3-9)19(21)22;1-2(3)4/h2-8H,1H3,(H2,16,17,18,20);1H3,(H,3,4). The van der Waals surface area contributed by atoms with E-state index in [4.69, 9.17) is 14.3 Å². The largest absolute Gasteiger partial charge is 0.481 e. The van der Waals surface area contributed by atoms with Crippen LogP contribution in [0.5, 0.6) is 0 Å². The molecule has 1 aromatic heterocycles. The lowest BCUT2D eigenvalue weighted by atomic mass is 10.1. The fourth-order valence-electron chi connectivity index (χ4n) is 2.05. The molecule has 0 aliphatic carbocycles. The van der Waals surface area contributed by atoms with Crippen LogP contribution in [0.25, 0.3) is 17.4 Å². The molecule has 3 N–H and O–H groups in total. The summed E-state index contributed by atoms with van der Waals surface area (Å²) in [5.41, 5.74) is 0.952. The minimum Gasteiger partial charge on any atom is -0.481 e. The van der Waals surface area contributed by atoms with Crippen molar-refractivity contribution < 1.29 is 24.0 Å². The Bertz CT molecular complexity index is 923. The molecule has 0 bridgehead atoms. The Kier molecular flexibility index (Phi) is 6.05. The summed E-state index contributed by atoms with van der Waals surface area (Å²) in [5, 5.41) is 23.4. The highest BCUT2D eigenvalue weighted by atomic mass is 16.6. The van der Waals surface area contributed by atoms with Crippen LogP contribution in [-0.2, 0) is 9.59 Å². The number of nitrogens with zero attached hydrogens (tertiary/aromatic N) is 2. The number of carboxylic acid groups (broad SMARTS) is 1. The van der Waals surface area contributed by atoms with Gasteiger partial charge in [0.2, 0.25) is 5.96 Å². The van der Waals surface area contributed by atoms with Gasteiger partial charge in [0, 0.05) is 37.7 Å². The molecular weight excluding hydrogens is 356 g/mol. The zero-order valence-electron chi connectivity index (χ0n) is 14.4. The van der Waals surface area contributed by atoms with Crippen LogP contribution in [-0.4, -0.2) is 34.9 Å². The number of aliphatic imine (C=N–C) groups is 1. The second kappa shape index (κ2) is 8.43. The van der Waals surface area contributed by atoms with Crippen LogP contribution in [0.4, 0.5) is 5.69 Å². The molecule has 3 rings (SSSR count). The zero-order chi connectivity index (χ0) is 20.0. The highest BCUT2D eigenvalue weighted by Gasteiger charge is 2.19. The first-order valence-electron chi connectivity index (χ1n) is 7.64. The van der Waals surface area contributed by atoms with Gasteiger partial charge in [-0.25, -0.2) is 4.99 Å². The molecule has 2 heterocycles. The minimum absolute atomic E-state index is 0.0132. The van der Waals surface area contributed by atoms with Gasteiger partial charge in [-0.3, -0.25) is 25.0 Å². The van der Waals surface area contributed by atoms with Crippen molar-refractivity contribution in [1.82, 2.24) is 10.6 Å². The number of benzene rings is 1. The highest BCUT2D eigenvalue weighted by Crippen LogP contribution is 2.25. The number of furan rings is 1. The number of carbonyl (C=O) groups is 2. The van der Waals surface area contributed by atoms with E-state index in [0.717, 1.165) is 6.92 Å². The van der Waals surface area contributed by atoms with Gasteiger partial charge in [-0.1, -0.05) is 0 Å². The average molecular weight is 372 g/mol. The first-order valence-corrected chi connectivity index (χ1v) is 7.64. The van der Waals surface area contributed by atoms with Gasteiger partial charge in [0.15, 0.2) is 0 Å². The number of aliphatic carboxylic acids is 1. The number of rotatable bonds is 3. The maximum Gasteiger partial charge on any atom is 0.300 e. The van der Waals surface area contributed by atoms with Crippen molar-refractivity contribution in [2.24, 2.45) is 4.99 Å². The molecule has 1 aromatic carbocycles. The molecule has 10 nitrogen and oxygen atoms in total. The number of carboxylic acids is 1. The number of carbonyl (C=O) groups excluding carboxylic acids is 1. The Balaban J connectivity index is 0.000000596. The predicted molar refractivity (Wildman–Crippen MR) is 96.7 cm³/mol. The van der Waals surface area contributed by atoms with E-state index in [1.54, 1.807) is 31.3 Å². The molecule has 140 valence electrons. The number of guanidine groups is 1. The summed E-state index contributed by atoms with van der Waals surface area (Å²) in [6.07, 6.45) is 1.52. The maximum atomic E-state index is 11.7. The summed E-state index contributed by atoms with van der Waals surface area (Å²) < 4.78 is 5.63. The highest BCUT2D eigenvalue weighted by molar-refractivity contribution is 6.13. The lowest BCUT2D eigenvalue weighted by Crippen LogP contribution is -2.33. The quantitative estimate of drug-likeness (QED) is 0.424. The van der Waals surface area contributed by atoms with E-state index in [1.807, 2.05) is 0 Å². The molecule has 0 saturated heterocycles. The molecule has 0 atom stereocenters. The predicted octanol–water partition coefficient (Wildman–Crippen LogP) is 1.99. The second-order valence-corrected chi connectivity index (χ2v) is 5.22. The van der Waals surface area contributed by atoms with E-state index in [1.165, 1.54) is 18.2 Å². The van der Waals surface area contributed by atoms with Gasteiger partial charge in [-0.2, -0.15) is 0 Å². The lowest BCUT2D eigenvalue weighted by molar-refractivity contribution is -0.384. The van der Waals surface area contributed by atoms with Crippen LogP contribution >= 0.6 is 0 Å². The molecule has 0 fully saturated rings. The summed E-state index contributed by atoms with van der Waals surface area (Å²) in [6, 6.07) is 9.45. The first kappa shape index (κ1) is 19.4. The summed E-state index contributed by atoms with van der Waals surface area (Å²) >= 11 is 0. The molecule has 0 spiro atoms. The number of hydrogen-bond acceptors (Lipinski definition) is 7. The van der Waals surface area contributed by atoms with Gasteiger partial charge in [-0.05, 0) is 24.3 Å². The summed E-state index contributed by atoms with van der Waals surface area (Å²) in [4.78, 5) is 34.9. The van der Waals surface area contributed by atoms with Crippen molar-refractivity contribution in [3.05, 3.63) is 58.0 Å². The third-order valence-electron chi connectivity index (χ3n) is 3.20. The van der Waals surface area contributed by atoms with E-state index in [-0.39, 0.29) is 17.3 Å². The molecule has 27 heavy (non-hydrogen) atoms. The summed E-state index contributed by atoms with van der Waals surface area (Å²) in [5.74, 6) is 0.235. The van der Waals surface area contributed by atoms with Crippen LogP contribution in [0, 0.1) is 10.1 Å². The normalized spacial score (nSPS) is 14.1. The molecule has 1 amide bonds. The van der Waals surface area contributed by atoms with Crippen molar-refractivity contribution in [2.75, 3.05) is 7.05 Å². The van der Waals surface area contributed by atoms with Crippen molar-refractivity contribution >= 4 is 29.6 Å². The number of hydrogen-bond donors (Lipinski definition) is 3. The van der Waals surface area contributed by atoms with Crippen molar-refractivity contribution in [2.45, 2.75) is 6.92 Å². The van der Waals surface area contributed by atoms with E-state index in [2.05, 4.69) is 15.6 Å². The zero-order valence-corrected chi connectivity index (χ0v) is 14.4. The van der Waals surface area contributed by atoms with E-state index >= 15 is 0 Å². The Morgan fingerprint density at radius 2 is 1.93 bits per heavy atom. The molecule has 0 radical (unpaired) electrons. The van der Waals surface area contributed by atoms with E-state index in [0.29, 0.717) is 23.0 Å². The van der Waals surface area contributed by atoms with E-state index in [9.17, 15) is 14.9 Å². The van der Waals surface area contributed by atoms with Crippen LogP contribution in [0.2, 0.25) is 0 Å². The summed E-state index contributed by atoms with van der Waals surface area (Å²) in [7, 11) is 1.65. The monoisotopic (exact) mass is 372 g/mol. The Morgan fingerprint density at radius 3 is 2.44 bits per heavy atom. The second-order valence-electron chi connectivity index (χ2n) is 5.22. The fraction of sp³-hybridized carbons (Fsp3) is 0.118. The lowest BCUT2D eigenvalue weighted by Gasteiger charge is -1.96. The maximum absolute atomic E-state index is 11.7. The SMILES string of the molecule is CC(=O)O.CNC1=NC(=Cc2ccc(-c3ccc([N+](=O)[O-])cc3)o2)C(=O)N1. The first-order chi connectivity index (χ1) is 12.8. The van der Waals surface area contributed by atoms with Crippen LogP contribution in [0.15, 0.2) is 51.5 Å². The van der Waals surface area contributed by atoms with Gasteiger partial charge in [-0.15, -0.1) is 0 Å². The minimum atomic E-state index is -0.833. The van der Waals surface area contributed by atoms with Crippen LogP contribution in [0.1, 0.15) is 12.7 Å². The fourth-order valence-corrected chi connectivity index (χ4v) is 2.05. The Morgan fingerprint density at radius 1 is 1.30 bits per heavy atom. The molecule has 0 saturated carbocycles. The molecule has 1 aliphatic heterocycles. The third-order valence-corrected chi connectivity index (χ3v) is 3.20. The Hall–Kier alpha value is -3.95. The smallest absolute Gasteiger partial charge is 0.300 e. The Labute approximate surface area is 153 Å². The van der Waals surface area contributed by atoms with Gasteiger partial charge in [0.05, 0.1) is 4.92 Å². The van der Waals surface area contributed by atoms with E-state index < -0.39 is 10.9 Å². The van der Waals surface area contributed by atoms with Crippen LogP contribution in [0.3, 0.4) is 0 Å². The van der Waals surface area contributed by atoms with Gasteiger partial charge in [0.25, 0.3) is 17.6 Å². The molecule has 10 heteroatoms. The number of nitrogens with one attached hydrogen (secondary N) is 2. The van der Waals surface area contributed by atoms with Crippen molar-refractivity contribution in [3.8, 4) is 11.3 Å². The number of nitro groups is 1. The van der Waals surface area contributed by atoms with Gasteiger partial charge in [0.1, 0.15) is 17.2 Å². The van der Waals surface area contributed by atoms with Gasteiger partial charge >= 0.3 is 0 Å². The number of non-ortho nitro benzene ring substituents is 1. The van der Waals surface area contributed by atoms with Crippen LogP contribution < -0.4 is 10.6 Å². The number of nitro benzene ring substituents is 1. The summed E-state index contributed by atoms with van der Waals surface area (Å²) in [6.45, 7) is 1.08. The third kappa shape index (κ3) is 5.26. The molecule has 0 unspecified atom stereocenters. The van der Waals surface area contributed by atoms with Crippen molar-refractivity contribution in [3.63, 3.8) is 0 Å². The molecule has 1 aliphatic rings. The molecular formula is C17H16N4O6. The van der Waals surface area contributed by atoms with Crippen molar-refractivity contribution in [1.29, 1.82) is 0 Å². The topological polar surface area (TPSA) is 147 Å². The van der Waals surface area contributed by atoms with Gasteiger partial charge < -0.3 is 14.8 Å². The molecule has 2 aromatic rings. The number of amides is 1.